The molecule has 0 saturated carbocycles. The number of piperidine rings is 1. The van der Waals surface area contributed by atoms with Crippen molar-refractivity contribution in [3.05, 3.63) is 40.4 Å². The summed E-state index contributed by atoms with van der Waals surface area (Å²) >= 11 is 0. The fourth-order valence-corrected chi connectivity index (χ4v) is 3.95. The molecule has 24 heavy (non-hydrogen) atoms. The van der Waals surface area contributed by atoms with Crippen LogP contribution >= 0.6 is 0 Å². The van der Waals surface area contributed by atoms with Gasteiger partial charge in [-0.2, -0.15) is 0 Å². The molecular formula is C18H24N4O2. The third-order valence-electron chi connectivity index (χ3n) is 5.33. The predicted molar refractivity (Wildman–Crippen MR) is 92.8 cm³/mol. The number of hydrogen-bond donors (Lipinski definition) is 2. The summed E-state index contributed by atoms with van der Waals surface area (Å²) in [5, 5.41) is 0.642. The highest BCUT2D eigenvalue weighted by molar-refractivity contribution is 5.77. The first-order valence-corrected chi connectivity index (χ1v) is 8.73. The lowest BCUT2D eigenvalue weighted by atomic mass is 9.82. The number of nitrogens with one attached hydrogen (secondary N) is 1. The number of benzene rings is 1. The van der Waals surface area contributed by atoms with Gasteiger partial charge in [-0.15, -0.1) is 0 Å². The first kappa shape index (κ1) is 15.7. The molecule has 3 heterocycles. The minimum absolute atomic E-state index is 0.0294. The van der Waals surface area contributed by atoms with E-state index < -0.39 is 0 Å². The third kappa shape index (κ3) is 3.09. The number of ether oxygens (including phenoxy) is 1. The molecule has 6 nitrogen and oxygen atoms in total. The van der Waals surface area contributed by atoms with Crippen LogP contribution in [0.4, 0.5) is 0 Å². The SMILES string of the molecule is NC1CCOC2(CCN(Cc3nc4ccccc4c(=O)[nH]3)CC2)C1. The molecule has 2 fully saturated rings. The second-order valence-corrected chi connectivity index (χ2v) is 7.09. The van der Waals surface area contributed by atoms with Crippen molar-refractivity contribution in [3.8, 4) is 0 Å². The van der Waals surface area contributed by atoms with Gasteiger partial charge >= 0.3 is 0 Å². The Bertz CT molecular complexity index is 780. The summed E-state index contributed by atoms with van der Waals surface area (Å²) in [7, 11) is 0. The van der Waals surface area contributed by atoms with Crippen LogP contribution in [0.2, 0.25) is 0 Å². The summed E-state index contributed by atoms with van der Waals surface area (Å²) < 4.78 is 6.07. The zero-order chi connectivity index (χ0) is 16.6. The summed E-state index contributed by atoms with van der Waals surface area (Å²) in [5.41, 5.74) is 6.79. The smallest absolute Gasteiger partial charge is 0.258 e. The number of nitrogens with zero attached hydrogens (tertiary/aromatic N) is 2. The van der Waals surface area contributed by atoms with Gasteiger partial charge in [0.25, 0.3) is 5.56 Å². The van der Waals surface area contributed by atoms with E-state index in [1.165, 1.54) is 0 Å². The minimum atomic E-state index is -0.0642. The molecule has 1 unspecified atom stereocenters. The average molecular weight is 328 g/mol. The average Bonchev–Trinajstić information content (AvgIpc) is 2.57. The summed E-state index contributed by atoms with van der Waals surface area (Å²) in [6, 6.07) is 7.73. The van der Waals surface area contributed by atoms with Gasteiger partial charge in [-0.25, -0.2) is 4.98 Å². The molecule has 1 spiro atoms. The van der Waals surface area contributed by atoms with Crippen molar-refractivity contribution in [3.63, 3.8) is 0 Å². The highest BCUT2D eigenvalue weighted by Gasteiger charge is 2.39. The van der Waals surface area contributed by atoms with E-state index in [-0.39, 0.29) is 17.2 Å². The van der Waals surface area contributed by atoms with Gasteiger partial charge < -0.3 is 15.5 Å². The standard InChI is InChI=1S/C18H24N4O2/c19-13-5-10-24-18(11-13)6-8-22(9-7-18)12-16-20-15-4-2-1-3-14(15)17(23)21-16/h1-4,13H,5-12,19H2,(H,20,21,23). The molecule has 0 aliphatic carbocycles. The molecule has 0 amide bonds. The Labute approximate surface area is 141 Å². The highest BCUT2D eigenvalue weighted by atomic mass is 16.5. The third-order valence-corrected chi connectivity index (χ3v) is 5.33. The van der Waals surface area contributed by atoms with Gasteiger partial charge in [0.15, 0.2) is 0 Å². The monoisotopic (exact) mass is 328 g/mol. The molecule has 2 aromatic rings. The van der Waals surface area contributed by atoms with Gasteiger partial charge in [0.1, 0.15) is 5.82 Å². The lowest BCUT2D eigenvalue weighted by Gasteiger charge is -2.45. The summed E-state index contributed by atoms with van der Waals surface area (Å²) in [5.74, 6) is 0.732. The van der Waals surface area contributed by atoms with Gasteiger partial charge in [-0.1, -0.05) is 12.1 Å². The number of H-pyrrole nitrogens is 1. The zero-order valence-electron chi connectivity index (χ0n) is 13.8. The van der Waals surface area contributed by atoms with Crippen molar-refractivity contribution >= 4 is 10.9 Å². The fourth-order valence-electron chi connectivity index (χ4n) is 3.95. The number of likely N-dealkylation sites (tertiary alicyclic amines) is 1. The summed E-state index contributed by atoms with van der Waals surface area (Å²) in [6.45, 7) is 3.34. The molecule has 6 heteroatoms. The molecule has 1 aromatic heterocycles. The van der Waals surface area contributed by atoms with E-state index in [9.17, 15) is 4.79 Å². The Kier molecular flexibility index (Phi) is 4.12. The van der Waals surface area contributed by atoms with Crippen molar-refractivity contribution in [2.75, 3.05) is 19.7 Å². The fraction of sp³-hybridized carbons (Fsp3) is 0.556. The molecule has 3 N–H and O–H groups in total. The van der Waals surface area contributed by atoms with Crippen LogP contribution in [0.3, 0.4) is 0 Å². The van der Waals surface area contributed by atoms with E-state index >= 15 is 0 Å². The molecule has 4 rings (SSSR count). The molecule has 2 saturated heterocycles. The predicted octanol–water partition coefficient (Wildman–Crippen LogP) is 1.40. The van der Waals surface area contributed by atoms with Gasteiger partial charge in [0.05, 0.1) is 23.0 Å². The normalized spacial score (nSPS) is 24.5. The molecule has 1 atom stereocenters. The molecule has 0 radical (unpaired) electrons. The van der Waals surface area contributed by atoms with Crippen LogP contribution < -0.4 is 11.3 Å². The van der Waals surface area contributed by atoms with E-state index in [0.29, 0.717) is 11.9 Å². The number of rotatable bonds is 2. The van der Waals surface area contributed by atoms with Gasteiger partial charge in [0, 0.05) is 25.7 Å². The summed E-state index contributed by atoms with van der Waals surface area (Å²) in [6.07, 6.45) is 3.93. The van der Waals surface area contributed by atoms with Crippen LogP contribution in [-0.2, 0) is 11.3 Å². The number of hydrogen-bond acceptors (Lipinski definition) is 5. The van der Waals surface area contributed by atoms with Gasteiger partial charge in [-0.3, -0.25) is 9.69 Å². The van der Waals surface area contributed by atoms with E-state index in [0.717, 1.165) is 56.7 Å². The Morgan fingerprint density at radius 1 is 1.33 bits per heavy atom. The van der Waals surface area contributed by atoms with Crippen molar-refractivity contribution in [1.82, 2.24) is 14.9 Å². The van der Waals surface area contributed by atoms with Crippen molar-refractivity contribution in [2.24, 2.45) is 5.73 Å². The molecule has 2 aliphatic rings. The van der Waals surface area contributed by atoms with E-state index in [2.05, 4.69) is 14.9 Å². The summed E-state index contributed by atoms with van der Waals surface area (Å²) in [4.78, 5) is 22.0. The van der Waals surface area contributed by atoms with Gasteiger partial charge in [0.2, 0.25) is 0 Å². The van der Waals surface area contributed by atoms with E-state index in [1.54, 1.807) is 6.07 Å². The van der Waals surface area contributed by atoms with Crippen molar-refractivity contribution < 1.29 is 4.74 Å². The van der Waals surface area contributed by atoms with Crippen LogP contribution in [-0.4, -0.2) is 46.2 Å². The lowest BCUT2D eigenvalue weighted by molar-refractivity contribution is -0.117. The first-order chi connectivity index (χ1) is 11.6. The Balaban J connectivity index is 1.45. The largest absolute Gasteiger partial charge is 0.375 e. The van der Waals surface area contributed by atoms with E-state index in [1.807, 2.05) is 18.2 Å². The second kappa shape index (κ2) is 6.27. The Morgan fingerprint density at radius 3 is 2.92 bits per heavy atom. The van der Waals surface area contributed by atoms with Crippen LogP contribution in [0.1, 0.15) is 31.5 Å². The molecule has 128 valence electrons. The van der Waals surface area contributed by atoms with Crippen molar-refractivity contribution in [2.45, 2.75) is 43.9 Å². The molecular weight excluding hydrogens is 304 g/mol. The van der Waals surface area contributed by atoms with E-state index in [4.69, 9.17) is 10.5 Å². The zero-order valence-corrected chi connectivity index (χ0v) is 13.8. The second-order valence-electron chi connectivity index (χ2n) is 7.09. The molecule has 1 aromatic carbocycles. The number of aromatic amines is 1. The highest BCUT2D eigenvalue weighted by Crippen LogP contribution is 2.34. The quantitative estimate of drug-likeness (QED) is 0.870. The minimum Gasteiger partial charge on any atom is -0.375 e. The number of para-hydroxylation sites is 1. The maximum atomic E-state index is 12.2. The maximum Gasteiger partial charge on any atom is 0.258 e. The Morgan fingerprint density at radius 2 is 2.12 bits per heavy atom. The number of fused-ring (bicyclic) bond motifs is 1. The Hall–Kier alpha value is -1.76. The molecule has 2 aliphatic heterocycles. The number of aromatic nitrogens is 2. The van der Waals surface area contributed by atoms with Crippen LogP contribution in [0, 0.1) is 0 Å². The topological polar surface area (TPSA) is 84.2 Å². The van der Waals surface area contributed by atoms with Crippen LogP contribution in [0.25, 0.3) is 10.9 Å². The van der Waals surface area contributed by atoms with Crippen molar-refractivity contribution in [1.29, 1.82) is 0 Å². The first-order valence-electron chi connectivity index (χ1n) is 8.73. The maximum absolute atomic E-state index is 12.2. The number of nitrogens with two attached hydrogens (primary N) is 1. The lowest BCUT2D eigenvalue weighted by Crippen LogP contribution is -2.51. The van der Waals surface area contributed by atoms with Crippen LogP contribution in [0.5, 0.6) is 0 Å². The molecule has 0 bridgehead atoms. The van der Waals surface area contributed by atoms with Crippen LogP contribution in [0.15, 0.2) is 29.1 Å². The van der Waals surface area contributed by atoms with Gasteiger partial charge in [-0.05, 0) is 37.8 Å².